The largest absolute Gasteiger partial charge is 0.333 e. The zero-order chi connectivity index (χ0) is 14.2. The molecule has 4 nitrogen and oxygen atoms in total. The van der Waals surface area contributed by atoms with Gasteiger partial charge in [0.05, 0.1) is 10.6 Å². The minimum Gasteiger partial charge on any atom is -0.333 e. The number of likely N-dealkylation sites (N-methyl/N-ethyl adjacent to an activating group) is 1. The van der Waals surface area contributed by atoms with Gasteiger partial charge in [-0.15, -0.1) is 0 Å². The van der Waals surface area contributed by atoms with Crippen LogP contribution >= 0.6 is 11.6 Å². The highest BCUT2D eigenvalue weighted by Crippen LogP contribution is 2.19. The molecule has 19 heavy (non-hydrogen) atoms. The van der Waals surface area contributed by atoms with Crippen molar-refractivity contribution >= 4 is 17.5 Å². The maximum Gasteiger partial charge on any atom is 0.258 e. The van der Waals surface area contributed by atoms with Gasteiger partial charge in [-0.3, -0.25) is 9.69 Å². The predicted molar refractivity (Wildman–Crippen MR) is 71.8 cm³/mol. The molecule has 2 rings (SSSR count). The Bertz CT molecular complexity index is 497. The number of aromatic nitrogens is 1. The zero-order valence-electron chi connectivity index (χ0n) is 11.2. The van der Waals surface area contributed by atoms with Crippen LogP contribution in [-0.2, 0) is 0 Å². The smallest absolute Gasteiger partial charge is 0.258 e. The Morgan fingerprint density at radius 2 is 2.11 bits per heavy atom. The molecule has 6 heteroatoms. The first-order chi connectivity index (χ1) is 8.90. The maximum atomic E-state index is 13.6. The zero-order valence-corrected chi connectivity index (χ0v) is 12.0. The minimum atomic E-state index is -0.770. The fraction of sp³-hybridized carbons (Fsp3) is 0.538. The number of carbonyl (C=O) groups is 1. The molecule has 0 aromatic carbocycles. The molecular formula is C13H17ClFN3O. The van der Waals surface area contributed by atoms with Crippen molar-refractivity contribution in [1.82, 2.24) is 14.8 Å². The first-order valence-corrected chi connectivity index (χ1v) is 6.60. The van der Waals surface area contributed by atoms with E-state index in [1.165, 1.54) is 12.3 Å². The van der Waals surface area contributed by atoms with Crippen molar-refractivity contribution < 1.29 is 9.18 Å². The first kappa shape index (κ1) is 14.2. The summed E-state index contributed by atoms with van der Waals surface area (Å²) < 4.78 is 13.6. The van der Waals surface area contributed by atoms with E-state index in [2.05, 4.69) is 9.88 Å². The number of rotatable bonds is 1. The Hall–Kier alpha value is -1.20. The number of piperazine rings is 1. The molecule has 0 spiro atoms. The van der Waals surface area contributed by atoms with E-state index in [4.69, 9.17) is 11.6 Å². The van der Waals surface area contributed by atoms with Crippen LogP contribution in [0, 0.1) is 5.95 Å². The Balaban J connectivity index is 2.26. The van der Waals surface area contributed by atoms with Gasteiger partial charge in [-0.2, -0.15) is 4.39 Å². The maximum absolute atomic E-state index is 13.6. The SMILES string of the molecule is CC1CN(C(=O)c2cc(Cl)cnc2F)C(C)CN1C. The summed E-state index contributed by atoms with van der Waals surface area (Å²) in [6, 6.07) is 1.62. The predicted octanol–water partition coefficient (Wildman–Crippen LogP) is 2.04. The van der Waals surface area contributed by atoms with E-state index in [0.29, 0.717) is 6.54 Å². The van der Waals surface area contributed by atoms with Crippen molar-refractivity contribution in [3.63, 3.8) is 0 Å². The number of carbonyl (C=O) groups excluding carboxylic acids is 1. The normalized spacial score (nSPS) is 24.6. The molecule has 1 aliphatic rings. The van der Waals surface area contributed by atoms with Crippen LogP contribution in [-0.4, -0.2) is 52.9 Å². The lowest BCUT2D eigenvalue weighted by molar-refractivity contribution is 0.0392. The van der Waals surface area contributed by atoms with Gasteiger partial charge < -0.3 is 4.90 Å². The van der Waals surface area contributed by atoms with Gasteiger partial charge in [0.2, 0.25) is 5.95 Å². The van der Waals surface area contributed by atoms with Crippen molar-refractivity contribution in [3.8, 4) is 0 Å². The average molecular weight is 286 g/mol. The lowest BCUT2D eigenvalue weighted by atomic mass is 10.1. The van der Waals surface area contributed by atoms with Gasteiger partial charge in [0, 0.05) is 31.4 Å². The van der Waals surface area contributed by atoms with Crippen LogP contribution in [0.4, 0.5) is 4.39 Å². The summed E-state index contributed by atoms with van der Waals surface area (Å²) in [5, 5.41) is 0.263. The topological polar surface area (TPSA) is 36.4 Å². The third-order valence-electron chi connectivity index (χ3n) is 3.59. The summed E-state index contributed by atoms with van der Waals surface area (Å²) in [6.07, 6.45) is 1.20. The van der Waals surface area contributed by atoms with E-state index in [0.717, 1.165) is 6.54 Å². The van der Waals surface area contributed by atoms with E-state index in [-0.39, 0.29) is 28.6 Å². The molecule has 1 amide bonds. The Labute approximate surface area is 117 Å². The molecule has 2 heterocycles. The van der Waals surface area contributed by atoms with Gasteiger partial charge in [-0.1, -0.05) is 11.6 Å². The summed E-state index contributed by atoms with van der Waals surface area (Å²) in [6.45, 7) is 5.33. The van der Waals surface area contributed by atoms with E-state index >= 15 is 0 Å². The highest BCUT2D eigenvalue weighted by atomic mass is 35.5. The van der Waals surface area contributed by atoms with Crippen LogP contribution in [0.15, 0.2) is 12.3 Å². The van der Waals surface area contributed by atoms with Crippen molar-refractivity contribution in [2.45, 2.75) is 25.9 Å². The summed E-state index contributed by atoms with van der Waals surface area (Å²) in [5.41, 5.74) is -0.0592. The molecule has 0 aliphatic carbocycles. The fourth-order valence-electron chi connectivity index (χ4n) is 2.31. The summed E-state index contributed by atoms with van der Waals surface area (Å²) in [7, 11) is 2.02. The summed E-state index contributed by atoms with van der Waals surface area (Å²) in [5.74, 6) is -1.12. The second-order valence-corrected chi connectivity index (χ2v) is 5.52. The highest BCUT2D eigenvalue weighted by Gasteiger charge is 2.31. The average Bonchev–Trinajstić information content (AvgIpc) is 2.36. The molecule has 104 valence electrons. The third-order valence-corrected chi connectivity index (χ3v) is 3.80. The molecule has 2 unspecified atom stereocenters. The van der Waals surface area contributed by atoms with Gasteiger partial charge in [-0.25, -0.2) is 4.98 Å². The highest BCUT2D eigenvalue weighted by molar-refractivity contribution is 6.30. The molecule has 1 aromatic heterocycles. The van der Waals surface area contributed by atoms with Crippen molar-refractivity contribution in [1.29, 1.82) is 0 Å². The van der Waals surface area contributed by atoms with Crippen LogP contribution in [0.2, 0.25) is 5.02 Å². The third kappa shape index (κ3) is 2.87. The Morgan fingerprint density at radius 1 is 1.42 bits per heavy atom. The molecule has 2 atom stereocenters. The fourth-order valence-corrected chi connectivity index (χ4v) is 2.47. The molecule has 0 bridgehead atoms. The quantitative estimate of drug-likeness (QED) is 0.741. The van der Waals surface area contributed by atoms with Crippen LogP contribution < -0.4 is 0 Å². The molecule has 0 saturated carbocycles. The molecule has 1 aromatic rings. The van der Waals surface area contributed by atoms with E-state index in [1.54, 1.807) is 4.90 Å². The molecule has 1 saturated heterocycles. The lowest BCUT2D eigenvalue weighted by Gasteiger charge is -2.42. The van der Waals surface area contributed by atoms with E-state index < -0.39 is 5.95 Å². The number of pyridine rings is 1. The van der Waals surface area contributed by atoms with Crippen LogP contribution in [0.3, 0.4) is 0 Å². The van der Waals surface area contributed by atoms with Gasteiger partial charge >= 0.3 is 0 Å². The second-order valence-electron chi connectivity index (χ2n) is 5.09. The van der Waals surface area contributed by atoms with Crippen molar-refractivity contribution in [3.05, 3.63) is 28.8 Å². The van der Waals surface area contributed by atoms with Crippen LogP contribution in [0.1, 0.15) is 24.2 Å². The molecular weight excluding hydrogens is 269 g/mol. The molecule has 0 N–H and O–H groups in total. The number of halogens is 2. The first-order valence-electron chi connectivity index (χ1n) is 6.22. The number of nitrogens with zero attached hydrogens (tertiary/aromatic N) is 3. The van der Waals surface area contributed by atoms with Crippen LogP contribution in [0.5, 0.6) is 0 Å². The minimum absolute atomic E-state index is 0.0343. The van der Waals surface area contributed by atoms with Gasteiger partial charge in [0.15, 0.2) is 0 Å². The number of amides is 1. The van der Waals surface area contributed by atoms with Gasteiger partial charge in [0.1, 0.15) is 0 Å². The van der Waals surface area contributed by atoms with Crippen molar-refractivity contribution in [2.75, 3.05) is 20.1 Å². The second kappa shape index (κ2) is 5.43. The molecule has 1 fully saturated rings. The van der Waals surface area contributed by atoms with Gasteiger partial charge in [0.25, 0.3) is 5.91 Å². The molecule has 1 aliphatic heterocycles. The summed E-state index contributed by atoms with van der Waals surface area (Å²) in [4.78, 5) is 19.8. The number of hydrogen-bond donors (Lipinski definition) is 0. The standard InChI is InChI=1S/C13H17ClFN3O/c1-8-7-18(9(2)6-17(8)3)13(19)11-4-10(14)5-16-12(11)15/h4-5,8-9H,6-7H2,1-3H3. The number of hydrogen-bond acceptors (Lipinski definition) is 3. The monoisotopic (exact) mass is 285 g/mol. The van der Waals surface area contributed by atoms with Crippen molar-refractivity contribution in [2.24, 2.45) is 0 Å². The van der Waals surface area contributed by atoms with Crippen LogP contribution in [0.25, 0.3) is 0 Å². The Kier molecular flexibility index (Phi) is 4.06. The van der Waals surface area contributed by atoms with E-state index in [1.807, 2.05) is 20.9 Å². The summed E-state index contributed by atoms with van der Waals surface area (Å²) >= 11 is 5.78. The van der Waals surface area contributed by atoms with Gasteiger partial charge in [-0.05, 0) is 27.0 Å². The van der Waals surface area contributed by atoms with E-state index in [9.17, 15) is 9.18 Å². The lowest BCUT2D eigenvalue weighted by Crippen LogP contribution is -2.56. The Morgan fingerprint density at radius 3 is 2.79 bits per heavy atom. The molecule has 0 radical (unpaired) electrons.